The molecule has 1 N–H and O–H groups in total. The van der Waals surface area contributed by atoms with E-state index >= 15 is 4.39 Å². The predicted octanol–water partition coefficient (Wildman–Crippen LogP) is 5.69. The first kappa shape index (κ1) is 25.7. The molecule has 0 bridgehead atoms. The van der Waals surface area contributed by atoms with Gasteiger partial charge < -0.3 is 19.5 Å². The molecule has 0 aromatic heterocycles. The normalized spacial score (nSPS) is 16.6. The number of allylic oxidation sites excluding steroid dienone is 1. The van der Waals surface area contributed by atoms with Crippen LogP contribution >= 0.6 is 0 Å². The molecular formula is C25H36FNO5. The molecule has 1 aliphatic rings. The molecule has 0 atom stereocenters. The van der Waals surface area contributed by atoms with E-state index in [1.165, 1.54) is 6.07 Å². The van der Waals surface area contributed by atoms with E-state index in [0.29, 0.717) is 43.5 Å². The zero-order chi connectivity index (χ0) is 24.1. The van der Waals surface area contributed by atoms with Gasteiger partial charge in [-0.2, -0.15) is 0 Å². The molecule has 32 heavy (non-hydrogen) atoms. The van der Waals surface area contributed by atoms with Crippen LogP contribution in [-0.2, 0) is 21.3 Å². The van der Waals surface area contributed by atoms with E-state index in [1.54, 1.807) is 24.8 Å². The molecule has 1 fully saturated rings. The first-order chi connectivity index (χ1) is 15.0. The molecular weight excluding hydrogens is 413 g/mol. The monoisotopic (exact) mass is 449 g/mol. The minimum atomic E-state index is -0.783. The van der Waals surface area contributed by atoms with E-state index in [4.69, 9.17) is 9.47 Å². The maximum atomic E-state index is 15.6. The Morgan fingerprint density at radius 3 is 2.34 bits per heavy atom. The number of aryl methyl sites for hydroxylation is 1. The zero-order valence-corrected chi connectivity index (χ0v) is 20.1. The number of hydrogen-bond acceptors (Lipinski definition) is 5. The van der Waals surface area contributed by atoms with Crippen molar-refractivity contribution in [1.82, 2.24) is 4.90 Å². The van der Waals surface area contributed by atoms with E-state index in [0.717, 1.165) is 18.2 Å². The highest BCUT2D eigenvalue weighted by Crippen LogP contribution is 2.45. The van der Waals surface area contributed by atoms with Crippen LogP contribution in [0.3, 0.4) is 0 Å². The van der Waals surface area contributed by atoms with Gasteiger partial charge in [-0.3, -0.25) is 0 Å². The Bertz CT molecular complexity index is 864. The SMILES string of the molecule is CCCc1cc(C(=O)OCC)cc(F)c1C1(C(C)=CO)CCN(C(=O)OC(C)(C)C)CC1. The second-order valence-electron chi connectivity index (χ2n) is 9.32. The highest BCUT2D eigenvalue weighted by Gasteiger charge is 2.43. The van der Waals surface area contributed by atoms with Gasteiger partial charge in [-0.1, -0.05) is 13.3 Å². The second kappa shape index (κ2) is 10.4. The van der Waals surface area contributed by atoms with Crippen LogP contribution in [0.2, 0.25) is 0 Å². The number of esters is 1. The molecule has 0 radical (unpaired) electrons. The molecule has 1 aromatic rings. The summed E-state index contributed by atoms with van der Waals surface area (Å²) in [6.07, 6.45) is 2.83. The largest absolute Gasteiger partial charge is 0.516 e. The Kier molecular flexibility index (Phi) is 8.32. The highest BCUT2D eigenvalue weighted by atomic mass is 19.1. The quantitative estimate of drug-likeness (QED) is 0.446. The number of hydrogen-bond donors (Lipinski definition) is 1. The minimum Gasteiger partial charge on any atom is -0.516 e. The van der Waals surface area contributed by atoms with Crippen LogP contribution in [0.15, 0.2) is 24.0 Å². The summed E-state index contributed by atoms with van der Waals surface area (Å²) in [5.74, 6) is -1.05. The average Bonchev–Trinajstić information content (AvgIpc) is 2.72. The topological polar surface area (TPSA) is 76.1 Å². The molecule has 0 saturated carbocycles. The smallest absolute Gasteiger partial charge is 0.410 e. The number of piperidine rings is 1. The van der Waals surface area contributed by atoms with E-state index in [-0.39, 0.29) is 12.2 Å². The summed E-state index contributed by atoms with van der Waals surface area (Å²) in [5.41, 5.74) is 0.636. The van der Waals surface area contributed by atoms with Crippen molar-refractivity contribution in [2.45, 2.75) is 78.2 Å². The number of halogens is 1. The molecule has 0 unspecified atom stereocenters. The third kappa shape index (κ3) is 5.61. The van der Waals surface area contributed by atoms with Crippen LogP contribution in [0.25, 0.3) is 0 Å². The van der Waals surface area contributed by atoms with Crippen molar-refractivity contribution in [1.29, 1.82) is 0 Å². The fourth-order valence-corrected chi connectivity index (χ4v) is 4.36. The van der Waals surface area contributed by atoms with Gasteiger partial charge in [0.1, 0.15) is 11.4 Å². The standard InChI is InChI=1S/C25H36FNO5/c1-7-9-18-14-19(22(29)31-8-2)15-20(26)21(18)25(17(3)16-28)10-12-27(13-11-25)23(30)32-24(4,5)6/h14-16,28H,7-13H2,1-6H3. The fourth-order valence-electron chi connectivity index (χ4n) is 4.36. The maximum absolute atomic E-state index is 15.6. The lowest BCUT2D eigenvalue weighted by molar-refractivity contribution is 0.0176. The molecule has 7 heteroatoms. The van der Waals surface area contributed by atoms with Crippen LogP contribution in [0.5, 0.6) is 0 Å². The van der Waals surface area contributed by atoms with E-state index in [1.807, 2.05) is 27.7 Å². The van der Waals surface area contributed by atoms with Gasteiger partial charge in [-0.25, -0.2) is 14.0 Å². The first-order valence-electron chi connectivity index (χ1n) is 11.3. The number of rotatable bonds is 6. The fraction of sp³-hybridized carbons (Fsp3) is 0.600. The van der Waals surface area contributed by atoms with Crippen LogP contribution < -0.4 is 0 Å². The highest BCUT2D eigenvalue weighted by molar-refractivity contribution is 5.90. The van der Waals surface area contributed by atoms with Crippen LogP contribution in [0.1, 0.15) is 82.3 Å². The summed E-state index contributed by atoms with van der Waals surface area (Å²) in [6.45, 7) is 11.9. The number of amides is 1. The number of likely N-dealkylation sites (tertiary alicyclic amines) is 1. The Balaban J connectivity index is 2.48. The van der Waals surface area contributed by atoms with Gasteiger partial charge in [0.2, 0.25) is 0 Å². The first-order valence-corrected chi connectivity index (χ1v) is 11.3. The molecule has 0 aliphatic carbocycles. The van der Waals surface area contributed by atoms with Gasteiger partial charge in [0, 0.05) is 24.1 Å². The summed E-state index contributed by atoms with van der Waals surface area (Å²) in [5, 5.41) is 9.90. The summed E-state index contributed by atoms with van der Waals surface area (Å²) < 4.78 is 26.2. The van der Waals surface area contributed by atoms with Gasteiger partial charge in [0.25, 0.3) is 0 Å². The molecule has 0 spiro atoms. The van der Waals surface area contributed by atoms with Gasteiger partial charge in [-0.05, 0) is 77.2 Å². The van der Waals surface area contributed by atoms with E-state index in [9.17, 15) is 14.7 Å². The molecule has 2 rings (SSSR count). The number of aliphatic hydroxyl groups excluding tert-OH is 1. The van der Waals surface area contributed by atoms with Crippen molar-refractivity contribution in [3.05, 3.63) is 46.5 Å². The maximum Gasteiger partial charge on any atom is 0.410 e. The molecule has 1 aromatic carbocycles. The van der Waals surface area contributed by atoms with Crippen molar-refractivity contribution in [2.75, 3.05) is 19.7 Å². The number of ether oxygens (including phenoxy) is 2. The third-order valence-corrected chi connectivity index (χ3v) is 5.90. The Labute approximate surface area is 190 Å². The molecule has 1 saturated heterocycles. The third-order valence-electron chi connectivity index (χ3n) is 5.90. The lowest BCUT2D eigenvalue weighted by Crippen LogP contribution is -2.48. The minimum absolute atomic E-state index is 0.184. The lowest BCUT2D eigenvalue weighted by atomic mass is 9.66. The number of nitrogens with zero attached hydrogens (tertiary/aromatic N) is 1. The number of aliphatic hydroxyl groups is 1. The number of carbonyl (C=O) groups excluding carboxylic acids is 2. The second-order valence-corrected chi connectivity index (χ2v) is 9.32. The van der Waals surface area contributed by atoms with Crippen LogP contribution in [-0.4, -0.2) is 47.4 Å². The molecule has 1 aliphatic heterocycles. The summed E-state index contributed by atoms with van der Waals surface area (Å²) in [6, 6.07) is 2.92. The van der Waals surface area contributed by atoms with Gasteiger partial charge in [0.15, 0.2) is 0 Å². The Hall–Kier alpha value is -2.57. The van der Waals surface area contributed by atoms with Crippen molar-refractivity contribution < 1.29 is 28.6 Å². The predicted molar refractivity (Wildman–Crippen MR) is 121 cm³/mol. The van der Waals surface area contributed by atoms with Crippen LogP contribution in [0.4, 0.5) is 9.18 Å². The molecule has 178 valence electrons. The van der Waals surface area contributed by atoms with E-state index < -0.39 is 28.9 Å². The van der Waals surface area contributed by atoms with Crippen molar-refractivity contribution in [3.63, 3.8) is 0 Å². The van der Waals surface area contributed by atoms with Crippen molar-refractivity contribution in [2.24, 2.45) is 0 Å². The Morgan fingerprint density at radius 1 is 1.22 bits per heavy atom. The van der Waals surface area contributed by atoms with Crippen molar-refractivity contribution in [3.8, 4) is 0 Å². The van der Waals surface area contributed by atoms with Gasteiger partial charge in [0.05, 0.1) is 18.4 Å². The van der Waals surface area contributed by atoms with Crippen molar-refractivity contribution >= 4 is 12.1 Å². The number of benzene rings is 1. The molecule has 1 amide bonds. The molecule has 1 heterocycles. The number of carbonyl (C=O) groups is 2. The lowest BCUT2D eigenvalue weighted by Gasteiger charge is -2.44. The average molecular weight is 450 g/mol. The molecule has 6 nitrogen and oxygen atoms in total. The summed E-state index contributed by atoms with van der Waals surface area (Å²) >= 11 is 0. The van der Waals surface area contributed by atoms with E-state index in [2.05, 4.69) is 0 Å². The summed E-state index contributed by atoms with van der Waals surface area (Å²) in [4.78, 5) is 26.4. The Morgan fingerprint density at radius 2 is 1.84 bits per heavy atom. The van der Waals surface area contributed by atoms with Gasteiger partial charge in [-0.15, -0.1) is 0 Å². The van der Waals surface area contributed by atoms with Gasteiger partial charge >= 0.3 is 12.1 Å². The van der Waals surface area contributed by atoms with Crippen LogP contribution in [0, 0.1) is 5.82 Å². The summed E-state index contributed by atoms with van der Waals surface area (Å²) in [7, 11) is 0. The zero-order valence-electron chi connectivity index (χ0n) is 20.1.